The Hall–Kier alpha value is -1.22. The van der Waals surface area contributed by atoms with Gasteiger partial charge in [-0.15, -0.1) is 0 Å². The fraction of sp³-hybridized carbons (Fsp3) is 0.667. The van der Waals surface area contributed by atoms with Gasteiger partial charge in [-0.25, -0.2) is 0 Å². The number of aliphatic hydroxyl groups is 2. The van der Waals surface area contributed by atoms with Gasteiger partial charge in [0.25, 0.3) is 0 Å². The number of hydrogen-bond acceptors (Lipinski definition) is 7. The van der Waals surface area contributed by atoms with Crippen LogP contribution < -0.4 is 4.90 Å². The molecule has 0 saturated carbocycles. The lowest BCUT2D eigenvalue weighted by Gasteiger charge is -2.24. The Morgan fingerprint density at radius 2 is 1.04 bits per heavy atom. The largest absolute Gasteiger partial charge is 0.394 e. The summed E-state index contributed by atoms with van der Waals surface area (Å²) in [4.78, 5) is 2.21. The first-order chi connectivity index (χ1) is 12.4. The average Bonchev–Trinajstić information content (AvgIpc) is 2.65. The molecule has 0 spiro atoms. The second-order valence-corrected chi connectivity index (χ2v) is 5.22. The number of nitrogens with zero attached hydrogens (tertiary/aromatic N) is 1. The number of anilines is 1. The first kappa shape index (κ1) is 21.8. The highest BCUT2D eigenvalue weighted by Gasteiger charge is 2.06. The molecule has 1 aromatic rings. The van der Waals surface area contributed by atoms with Crippen LogP contribution in [-0.4, -0.2) is 89.4 Å². The molecule has 0 amide bonds. The van der Waals surface area contributed by atoms with Crippen LogP contribution in [0.5, 0.6) is 0 Å². The fourth-order valence-electron chi connectivity index (χ4n) is 2.13. The Labute approximate surface area is 150 Å². The van der Waals surface area contributed by atoms with E-state index in [1.165, 1.54) is 0 Å². The topological polar surface area (TPSA) is 80.6 Å². The minimum atomic E-state index is 0.0345. The molecule has 1 aromatic carbocycles. The van der Waals surface area contributed by atoms with Crippen LogP contribution in [0.4, 0.5) is 5.69 Å². The number of aliphatic hydroxyl groups excluding tert-OH is 2. The number of hydrogen-bond donors (Lipinski definition) is 2. The van der Waals surface area contributed by atoms with Crippen molar-refractivity contribution in [3.63, 3.8) is 0 Å². The molecule has 0 atom stereocenters. The third kappa shape index (κ3) is 11.9. The highest BCUT2D eigenvalue weighted by Crippen LogP contribution is 2.12. The van der Waals surface area contributed by atoms with Crippen molar-refractivity contribution in [1.82, 2.24) is 0 Å². The van der Waals surface area contributed by atoms with Crippen molar-refractivity contribution in [2.75, 3.05) is 84.1 Å². The van der Waals surface area contributed by atoms with Gasteiger partial charge >= 0.3 is 0 Å². The van der Waals surface area contributed by atoms with Gasteiger partial charge in [-0.2, -0.15) is 0 Å². The quantitative estimate of drug-likeness (QED) is 0.394. The third-order valence-electron chi connectivity index (χ3n) is 3.35. The van der Waals surface area contributed by atoms with Gasteiger partial charge < -0.3 is 34.1 Å². The number of para-hydroxylation sites is 1. The first-order valence-electron chi connectivity index (χ1n) is 8.71. The number of rotatable bonds is 17. The van der Waals surface area contributed by atoms with Crippen molar-refractivity contribution < 1.29 is 29.2 Å². The molecule has 0 aromatic heterocycles. The summed E-state index contributed by atoms with van der Waals surface area (Å²) in [5, 5.41) is 17.3. The maximum Gasteiger partial charge on any atom is 0.0701 e. The van der Waals surface area contributed by atoms with Crippen LogP contribution in [0.2, 0.25) is 0 Å². The van der Waals surface area contributed by atoms with Crippen LogP contribution in [0.25, 0.3) is 0 Å². The molecule has 0 saturated heterocycles. The summed E-state index contributed by atoms with van der Waals surface area (Å²) in [6, 6.07) is 10.1. The molecule has 0 fully saturated rings. The molecule has 0 aliphatic heterocycles. The van der Waals surface area contributed by atoms with E-state index < -0.39 is 0 Å². The highest BCUT2D eigenvalue weighted by molar-refractivity contribution is 5.45. The van der Waals surface area contributed by atoms with Gasteiger partial charge in [0.15, 0.2) is 0 Å². The summed E-state index contributed by atoms with van der Waals surface area (Å²) in [5.74, 6) is 0. The Balaban J connectivity index is 2.21. The molecule has 0 heterocycles. The van der Waals surface area contributed by atoms with Crippen LogP contribution in [0, 0.1) is 0 Å². The zero-order valence-corrected chi connectivity index (χ0v) is 14.8. The van der Waals surface area contributed by atoms with Gasteiger partial charge in [0, 0.05) is 18.8 Å². The SMILES string of the molecule is OCCOCCOCCN(CCOCCOCCO)c1ccccc1. The van der Waals surface area contributed by atoms with Crippen LogP contribution >= 0.6 is 0 Å². The van der Waals surface area contributed by atoms with Crippen molar-refractivity contribution in [3.05, 3.63) is 30.3 Å². The number of ether oxygens (including phenoxy) is 4. The second-order valence-electron chi connectivity index (χ2n) is 5.22. The lowest BCUT2D eigenvalue weighted by Crippen LogP contribution is -2.31. The fourth-order valence-corrected chi connectivity index (χ4v) is 2.13. The van der Waals surface area contributed by atoms with Crippen molar-refractivity contribution in [1.29, 1.82) is 0 Å². The van der Waals surface area contributed by atoms with Crippen LogP contribution in [0.3, 0.4) is 0 Å². The maximum atomic E-state index is 8.63. The lowest BCUT2D eigenvalue weighted by molar-refractivity contribution is 0.0316. The van der Waals surface area contributed by atoms with Gasteiger partial charge in [-0.1, -0.05) is 18.2 Å². The summed E-state index contributed by atoms with van der Waals surface area (Å²) in [7, 11) is 0. The lowest BCUT2D eigenvalue weighted by atomic mass is 10.3. The molecule has 0 aliphatic rings. The Morgan fingerprint density at radius 3 is 1.48 bits per heavy atom. The van der Waals surface area contributed by atoms with Crippen LogP contribution in [-0.2, 0) is 18.9 Å². The predicted octanol–water partition coefficient (Wildman–Crippen LogP) is 0.544. The molecule has 1 rings (SSSR count). The molecule has 7 heteroatoms. The molecular formula is C18H31NO6. The smallest absolute Gasteiger partial charge is 0.0701 e. The first-order valence-corrected chi connectivity index (χ1v) is 8.71. The summed E-state index contributed by atoms with van der Waals surface area (Å²) in [5.41, 5.74) is 1.13. The average molecular weight is 357 g/mol. The highest BCUT2D eigenvalue weighted by atomic mass is 16.5. The van der Waals surface area contributed by atoms with Crippen molar-refractivity contribution >= 4 is 5.69 Å². The van der Waals surface area contributed by atoms with E-state index in [-0.39, 0.29) is 13.2 Å². The summed E-state index contributed by atoms with van der Waals surface area (Å²) < 4.78 is 21.5. The predicted molar refractivity (Wildman–Crippen MR) is 96.1 cm³/mol. The molecule has 0 radical (unpaired) electrons. The Kier molecular flexibility index (Phi) is 14.2. The normalized spacial score (nSPS) is 11.0. The van der Waals surface area contributed by atoms with Gasteiger partial charge in [-0.3, -0.25) is 0 Å². The second kappa shape index (κ2) is 16.3. The van der Waals surface area contributed by atoms with Gasteiger partial charge in [0.2, 0.25) is 0 Å². The van der Waals surface area contributed by atoms with Crippen LogP contribution in [0.15, 0.2) is 30.3 Å². The van der Waals surface area contributed by atoms with E-state index in [1.54, 1.807) is 0 Å². The van der Waals surface area contributed by atoms with E-state index in [2.05, 4.69) is 17.0 Å². The summed E-state index contributed by atoms with van der Waals surface area (Å²) >= 11 is 0. The van der Waals surface area contributed by atoms with Crippen molar-refractivity contribution in [2.24, 2.45) is 0 Å². The van der Waals surface area contributed by atoms with Gasteiger partial charge in [0.05, 0.1) is 66.1 Å². The summed E-state index contributed by atoms with van der Waals surface area (Å²) in [6.07, 6.45) is 0. The minimum Gasteiger partial charge on any atom is -0.394 e. The summed E-state index contributed by atoms with van der Waals surface area (Å²) in [6.45, 7) is 5.47. The maximum absolute atomic E-state index is 8.63. The van der Waals surface area contributed by atoms with E-state index in [0.29, 0.717) is 52.9 Å². The minimum absolute atomic E-state index is 0.0345. The molecule has 0 bridgehead atoms. The zero-order valence-electron chi connectivity index (χ0n) is 14.8. The Bertz CT molecular complexity index is 374. The van der Waals surface area contributed by atoms with E-state index >= 15 is 0 Å². The standard InChI is InChI=1S/C18H31NO6/c20-8-12-24-16-14-22-10-6-19(18-4-2-1-3-5-18)7-11-23-15-17-25-13-9-21/h1-5,20-21H,6-17H2. The van der Waals surface area contributed by atoms with Crippen LogP contribution in [0.1, 0.15) is 0 Å². The molecule has 0 aliphatic carbocycles. The monoisotopic (exact) mass is 357 g/mol. The molecule has 144 valence electrons. The van der Waals surface area contributed by atoms with Gasteiger partial charge in [-0.05, 0) is 12.1 Å². The van der Waals surface area contributed by atoms with Crippen molar-refractivity contribution in [3.8, 4) is 0 Å². The zero-order chi connectivity index (χ0) is 18.0. The van der Waals surface area contributed by atoms with E-state index in [1.807, 2.05) is 18.2 Å². The third-order valence-corrected chi connectivity index (χ3v) is 3.35. The van der Waals surface area contributed by atoms with Gasteiger partial charge in [0.1, 0.15) is 0 Å². The molecule has 0 unspecified atom stereocenters. The van der Waals surface area contributed by atoms with Crippen molar-refractivity contribution in [2.45, 2.75) is 0 Å². The molecule has 2 N–H and O–H groups in total. The molecule has 7 nitrogen and oxygen atoms in total. The van der Waals surface area contributed by atoms with E-state index in [0.717, 1.165) is 18.8 Å². The molecular weight excluding hydrogens is 326 g/mol. The van der Waals surface area contributed by atoms with E-state index in [9.17, 15) is 0 Å². The molecule has 25 heavy (non-hydrogen) atoms. The van der Waals surface area contributed by atoms with E-state index in [4.69, 9.17) is 29.2 Å². The Morgan fingerprint density at radius 1 is 0.600 bits per heavy atom. The number of benzene rings is 1.